The number of fused-ring (bicyclic) bond motifs is 1. The van der Waals surface area contributed by atoms with Gasteiger partial charge in [0.2, 0.25) is 5.91 Å². The third-order valence-electron chi connectivity index (χ3n) is 5.96. The van der Waals surface area contributed by atoms with Crippen LogP contribution in [0.25, 0.3) is 0 Å². The highest BCUT2D eigenvalue weighted by atomic mass is 19.1. The summed E-state index contributed by atoms with van der Waals surface area (Å²) in [7, 11) is 1.52. The van der Waals surface area contributed by atoms with Crippen molar-refractivity contribution >= 4 is 17.5 Å². The summed E-state index contributed by atoms with van der Waals surface area (Å²) < 4.78 is 19.2. The molecule has 178 valence electrons. The van der Waals surface area contributed by atoms with Crippen molar-refractivity contribution in [2.75, 3.05) is 19.0 Å². The molecule has 1 aliphatic heterocycles. The van der Waals surface area contributed by atoms with Crippen LogP contribution >= 0.6 is 0 Å². The zero-order valence-electron chi connectivity index (χ0n) is 19.7. The van der Waals surface area contributed by atoms with Crippen molar-refractivity contribution < 1.29 is 18.7 Å². The molecule has 0 saturated heterocycles. The number of ether oxygens (including phenoxy) is 1. The van der Waals surface area contributed by atoms with Crippen LogP contribution in [0.5, 0.6) is 5.75 Å². The van der Waals surface area contributed by atoms with Gasteiger partial charge in [-0.15, -0.1) is 0 Å². The maximum absolute atomic E-state index is 13.8. The number of rotatable bonds is 6. The monoisotopic (exact) mass is 472 g/mol. The summed E-state index contributed by atoms with van der Waals surface area (Å²) in [6.07, 6.45) is 3.29. The average molecular weight is 473 g/mol. The molecule has 8 heteroatoms. The number of methoxy groups -OCH3 is 1. The summed E-state index contributed by atoms with van der Waals surface area (Å²) in [6, 6.07) is 13.7. The van der Waals surface area contributed by atoms with Crippen molar-refractivity contribution in [2.45, 2.75) is 25.8 Å². The van der Waals surface area contributed by atoms with E-state index in [0.717, 1.165) is 11.6 Å². The smallest absolute Gasteiger partial charge is 0.254 e. The van der Waals surface area contributed by atoms with E-state index < -0.39 is 17.8 Å². The minimum atomic E-state index is -0.785. The molecule has 0 bridgehead atoms. The Balaban J connectivity index is 1.86. The minimum absolute atomic E-state index is 0.143. The number of nitrogens with one attached hydrogen (secondary N) is 1. The number of carbonyl (C=O) groups is 2. The van der Waals surface area contributed by atoms with E-state index in [2.05, 4.69) is 10.3 Å². The maximum atomic E-state index is 13.8. The van der Waals surface area contributed by atoms with Gasteiger partial charge in [-0.3, -0.25) is 14.6 Å². The molecule has 4 rings (SSSR count). The van der Waals surface area contributed by atoms with Gasteiger partial charge in [-0.05, 0) is 53.4 Å². The Bertz CT molecular complexity index is 1300. The van der Waals surface area contributed by atoms with E-state index in [-0.39, 0.29) is 23.3 Å². The van der Waals surface area contributed by atoms with Gasteiger partial charge in [0.25, 0.3) is 5.91 Å². The Labute approximate surface area is 203 Å². The molecule has 35 heavy (non-hydrogen) atoms. The van der Waals surface area contributed by atoms with Crippen LogP contribution in [0.15, 0.2) is 60.9 Å². The van der Waals surface area contributed by atoms with Gasteiger partial charge in [0.05, 0.1) is 24.6 Å². The fourth-order valence-corrected chi connectivity index (χ4v) is 4.46. The first-order valence-electron chi connectivity index (χ1n) is 11.2. The van der Waals surface area contributed by atoms with Gasteiger partial charge in [0.1, 0.15) is 17.6 Å². The van der Waals surface area contributed by atoms with Crippen LogP contribution in [-0.2, 0) is 4.79 Å². The zero-order chi connectivity index (χ0) is 25.1. The van der Waals surface area contributed by atoms with E-state index in [1.165, 1.54) is 19.2 Å². The van der Waals surface area contributed by atoms with Crippen LogP contribution in [-0.4, -0.2) is 35.4 Å². The summed E-state index contributed by atoms with van der Waals surface area (Å²) >= 11 is 0. The lowest BCUT2D eigenvalue weighted by atomic mass is 9.79. The normalized spacial score (nSPS) is 17.0. The van der Waals surface area contributed by atoms with E-state index >= 15 is 0 Å². The summed E-state index contributed by atoms with van der Waals surface area (Å²) in [5.74, 6) is -1.38. The Hall–Kier alpha value is -4.25. The zero-order valence-corrected chi connectivity index (χ0v) is 19.7. The van der Waals surface area contributed by atoms with Crippen molar-refractivity contribution in [3.05, 3.63) is 89.0 Å². The summed E-state index contributed by atoms with van der Waals surface area (Å²) in [5, 5.41) is 12.0. The lowest BCUT2D eigenvalue weighted by molar-refractivity contribution is -0.119. The second kappa shape index (κ2) is 9.94. The predicted octanol–water partition coefficient (Wildman–Crippen LogP) is 4.68. The lowest BCUT2D eigenvalue weighted by Crippen LogP contribution is -2.47. The van der Waals surface area contributed by atoms with Gasteiger partial charge in [0.15, 0.2) is 0 Å². The first-order valence-corrected chi connectivity index (χ1v) is 11.2. The molecule has 7 nitrogen and oxygen atoms in total. The highest BCUT2D eigenvalue weighted by Crippen LogP contribution is 2.44. The number of nitrogens with zero attached hydrogens (tertiary/aromatic N) is 3. The van der Waals surface area contributed by atoms with Crippen LogP contribution in [0, 0.1) is 23.1 Å². The van der Waals surface area contributed by atoms with Crippen molar-refractivity contribution in [3.63, 3.8) is 0 Å². The van der Waals surface area contributed by atoms with Crippen molar-refractivity contribution in [2.24, 2.45) is 5.92 Å². The number of benzene rings is 2. The molecule has 0 fully saturated rings. The molecule has 0 aliphatic carbocycles. The van der Waals surface area contributed by atoms with Crippen LogP contribution < -0.4 is 10.1 Å². The number of amides is 2. The topological polar surface area (TPSA) is 95.3 Å². The van der Waals surface area contributed by atoms with Gasteiger partial charge in [0, 0.05) is 30.2 Å². The van der Waals surface area contributed by atoms with Crippen LogP contribution in [0.4, 0.5) is 10.1 Å². The van der Waals surface area contributed by atoms with E-state index in [4.69, 9.17) is 4.74 Å². The SMILES string of the molecule is COc1ccc2c(c1)C(=O)N(CC(C)C)C(c1cccnc1)C2C(=O)Nc1ccc(F)c(C#N)c1. The molecule has 2 amide bonds. The highest BCUT2D eigenvalue weighted by Gasteiger charge is 2.44. The van der Waals surface area contributed by atoms with Crippen LogP contribution in [0.3, 0.4) is 0 Å². The molecule has 1 N–H and O–H groups in total. The predicted molar refractivity (Wildman–Crippen MR) is 128 cm³/mol. The average Bonchev–Trinajstić information content (AvgIpc) is 2.86. The number of pyridine rings is 1. The van der Waals surface area contributed by atoms with E-state index in [9.17, 15) is 19.2 Å². The molecule has 0 spiro atoms. The molecule has 2 aromatic carbocycles. The summed E-state index contributed by atoms with van der Waals surface area (Å²) in [4.78, 5) is 33.4. The molecular formula is C27H25FN4O3. The van der Waals surface area contributed by atoms with Crippen molar-refractivity contribution in [1.29, 1.82) is 5.26 Å². The molecule has 0 saturated carbocycles. The van der Waals surface area contributed by atoms with Crippen molar-refractivity contribution in [1.82, 2.24) is 9.88 Å². The first-order chi connectivity index (χ1) is 16.8. The van der Waals surface area contributed by atoms with Crippen LogP contribution in [0.1, 0.15) is 52.9 Å². The number of hydrogen-bond donors (Lipinski definition) is 1. The van der Waals surface area contributed by atoms with Gasteiger partial charge in [-0.1, -0.05) is 26.0 Å². The summed E-state index contributed by atoms with van der Waals surface area (Å²) in [6.45, 7) is 4.44. The van der Waals surface area contributed by atoms with Gasteiger partial charge < -0.3 is 15.0 Å². The fourth-order valence-electron chi connectivity index (χ4n) is 4.46. The highest BCUT2D eigenvalue weighted by molar-refractivity contribution is 6.04. The molecule has 0 radical (unpaired) electrons. The Kier molecular flexibility index (Phi) is 6.78. The maximum Gasteiger partial charge on any atom is 0.254 e. The molecular weight excluding hydrogens is 447 g/mol. The third-order valence-corrected chi connectivity index (χ3v) is 5.96. The Morgan fingerprint density at radius 1 is 1.26 bits per heavy atom. The Morgan fingerprint density at radius 3 is 2.71 bits per heavy atom. The number of aromatic nitrogens is 1. The third kappa shape index (κ3) is 4.71. The fraction of sp³-hybridized carbons (Fsp3) is 0.259. The molecule has 3 aromatic rings. The second-order valence-corrected chi connectivity index (χ2v) is 8.81. The van der Waals surface area contributed by atoms with Gasteiger partial charge >= 0.3 is 0 Å². The molecule has 1 aliphatic rings. The Morgan fingerprint density at radius 2 is 2.06 bits per heavy atom. The number of hydrogen-bond acceptors (Lipinski definition) is 5. The van der Waals surface area contributed by atoms with Crippen molar-refractivity contribution in [3.8, 4) is 11.8 Å². The number of anilines is 1. The minimum Gasteiger partial charge on any atom is -0.497 e. The summed E-state index contributed by atoms with van der Waals surface area (Å²) in [5.41, 5.74) is 1.80. The molecule has 1 aromatic heterocycles. The molecule has 2 unspecified atom stereocenters. The first kappa shape index (κ1) is 23.9. The van der Waals surface area contributed by atoms with E-state index in [0.29, 0.717) is 29.1 Å². The number of nitriles is 1. The lowest BCUT2D eigenvalue weighted by Gasteiger charge is -2.42. The van der Waals surface area contributed by atoms with Crippen LogP contribution in [0.2, 0.25) is 0 Å². The number of halogens is 1. The second-order valence-electron chi connectivity index (χ2n) is 8.81. The standard InChI is InChI=1S/C27H25FN4O3/c1-16(2)15-32-25(17-5-4-10-30-14-17)24(21-8-7-20(35-3)12-22(21)27(32)34)26(33)31-19-6-9-23(28)18(11-19)13-29/h4-12,14,16,24-25H,15H2,1-3H3,(H,31,33). The largest absolute Gasteiger partial charge is 0.497 e. The quantitative estimate of drug-likeness (QED) is 0.562. The van der Waals surface area contributed by atoms with E-state index in [1.807, 2.05) is 19.9 Å². The molecule has 2 atom stereocenters. The van der Waals surface area contributed by atoms with E-state index in [1.54, 1.807) is 47.6 Å². The molecule has 2 heterocycles. The van der Waals surface area contributed by atoms with Gasteiger partial charge in [-0.25, -0.2) is 4.39 Å². The van der Waals surface area contributed by atoms with Gasteiger partial charge in [-0.2, -0.15) is 5.26 Å². The number of carbonyl (C=O) groups excluding carboxylic acids is 2.